The Hall–Kier alpha value is -4.23. The maximum Gasteiger partial charge on any atom is 0.241 e. The molecule has 0 bridgehead atoms. The van der Waals surface area contributed by atoms with Gasteiger partial charge in [0.25, 0.3) is 0 Å². The van der Waals surface area contributed by atoms with Gasteiger partial charge in [-0.1, -0.05) is 59.6 Å². The zero-order chi connectivity index (χ0) is 30.4. The number of hydrogen-bond acceptors (Lipinski definition) is 5. The zero-order valence-corrected chi connectivity index (χ0v) is 24.8. The molecule has 7 nitrogen and oxygen atoms in total. The molecule has 2 aliphatic carbocycles. The van der Waals surface area contributed by atoms with Crippen molar-refractivity contribution in [3.8, 4) is 5.75 Å². The number of benzene rings is 3. The van der Waals surface area contributed by atoms with E-state index in [0.29, 0.717) is 28.4 Å². The van der Waals surface area contributed by atoms with E-state index < -0.39 is 35.0 Å². The van der Waals surface area contributed by atoms with Crippen molar-refractivity contribution < 1.29 is 24.3 Å². The summed E-state index contributed by atoms with van der Waals surface area (Å²) in [4.78, 5) is 59.1. The average molecular weight is 595 g/mol. The van der Waals surface area contributed by atoms with Crippen molar-refractivity contribution in [3.63, 3.8) is 0 Å². The Kier molecular flexibility index (Phi) is 6.19. The van der Waals surface area contributed by atoms with Gasteiger partial charge >= 0.3 is 0 Å². The molecule has 3 fully saturated rings. The Morgan fingerprint density at radius 3 is 2.26 bits per heavy atom. The quantitative estimate of drug-likeness (QED) is 0.292. The molecule has 2 heterocycles. The van der Waals surface area contributed by atoms with E-state index in [1.54, 1.807) is 61.5 Å². The molecule has 4 amide bonds. The number of halogens is 1. The first-order valence-electron chi connectivity index (χ1n) is 14.6. The number of amides is 4. The smallest absolute Gasteiger partial charge is 0.241 e. The van der Waals surface area contributed by atoms with Crippen molar-refractivity contribution in [2.75, 3.05) is 9.80 Å². The molecule has 7 rings (SSSR count). The molecule has 1 saturated carbocycles. The summed E-state index contributed by atoms with van der Waals surface area (Å²) in [7, 11) is 0. The molecule has 1 N–H and O–H groups in total. The van der Waals surface area contributed by atoms with E-state index in [2.05, 4.69) is 0 Å². The summed E-state index contributed by atoms with van der Waals surface area (Å²) in [5.74, 6) is -3.86. The second kappa shape index (κ2) is 9.64. The number of imide groups is 2. The van der Waals surface area contributed by atoms with Crippen molar-refractivity contribution in [2.24, 2.45) is 29.1 Å². The molecule has 3 aromatic rings. The highest BCUT2D eigenvalue weighted by Crippen LogP contribution is 2.63. The summed E-state index contributed by atoms with van der Waals surface area (Å²) >= 11 is 6.38. The van der Waals surface area contributed by atoms with E-state index in [1.807, 2.05) is 32.1 Å². The lowest BCUT2D eigenvalue weighted by Crippen LogP contribution is -2.48. The fourth-order valence-electron chi connectivity index (χ4n) is 8.05. The second-order valence-electron chi connectivity index (χ2n) is 12.5. The first-order valence-corrected chi connectivity index (χ1v) is 15.0. The van der Waals surface area contributed by atoms with Crippen LogP contribution >= 0.6 is 11.6 Å². The summed E-state index contributed by atoms with van der Waals surface area (Å²) in [5.41, 5.74) is 3.03. The molecule has 2 aliphatic heterocycles. The van der Waals surface area contributed by atoms with Gasteiger partial charge in [0.15, 0.2) is 0 Å². The summed E-state index contributed by atoms with van der Waals surface area (Å²) in [5, 5.41) is 10.8. The normalized spacial score (nSPS) is 29.9. The lowest BCUT2D eigenvalue weighted by molar-refractivity contribution is -0.131. The number of anilines is 2. The van der Waals surface area contributed by atoms with E-state index in [-0.39, 0.29) is 35.8 Å². The first kappa shape index (κ1) is 27.6. The topological polar surface area (TPSA) is 95.0 Å². The number of hydrogen-bond donors (Lipinski definition) is 1. The number of allylic oxidation sites excluding steroid dienone is 2. The van der Waals surface area contributed by atoms with E-state index in [9.17, 15) is 24.3 Å². The molecule has 0 aromatic heterocycles. The molecule has 6 unspecified atom stereocenters. The van der Waals surface area contributed by atoms with Gasteiger partial charge in [0, 0.05) is 10.9 Å². The van der Waals surface area contributed by atoms with Crippen molar-refractivity contribution in [2.45, 2.75) is 39.5 Å². The predicted molar refractivity (Wildman–Crippen MR) is 163 cm³/mol. The van der Waals surface area contributed by atoms with Gasteiger partial charge in [-0.3, -0.25) is 19.2 Å². The number of para-hydroxylation sites is 1. The molecule has 0 radical (unpaired) electrons. The van der Waals surface area contributed by atoms with Gasteiger partial charge in [0.1, 0.15) is 5.75 Å². The van der Waals surface area contributed by atoms with E-state index in [4.69, 9.17) is 11.6 Å². The number of rotatable bonds is 3. The van der Waals surface area contributed by atoms with Gasteiger partial charge < -0.3 is 5.11 Å². The van der Waals surface area contributed by atoms with Crippen molar-refractivity contribution in [1.82, 2.24) is 0 Å². The summed E-state index contributed by atoms with van der Waals surface area (Å²) in [6.45, 7) is 5.52. The molecule has 3 aromatic carbocycles. The maximum atomic E-state index is 14.4. The molecule has 43 heavy (non-hydrogen) atoms. The summed E-state index contributed by atoms with van der Waals surface area (Å²) < 4.78 is 0. The number of carbonyl (C=O) groups excluding carboxylic acids is 4. The third-order valence-corrected chi connectivity index (χ3v) is 10.7. The highest BCUT2D eigenvalue weighted by molar-refractivity contribution is 6.32. The molecule has 218 valence electrons. The van der Waals surface area contributed by atoms with Crippen LogP contribution in [0.3, 0.4) is 0 Å². The van der Waals surface area contributed by atoms with Crippen molar-refractivity contribution in [3.05, 3.63) is 100 Å². The molecule has 4 aliphatic rings. The third-order valence-electron chi connectivity index (χ3n) is 10.3. The highest BCUT2D eigenvalue weighted by Gasteiger charge is 2.67. The maximum absolute atomic E-state index is 14.4. The van der Waals surface area contributed by atoms with Gasteiger partial charge in [0.2, 0.25) is 23.6 Å². The van der Waals surface area contributed by atoms with Crippen LogP contribution in [0.2, 0.25) is 5.02 Å². The Morgan fingerprint density at radius 2 is 1.56 bits per heavy atom. The van der Waals surface area contributed by atoms with Crippen LogP contribution in [0.4, 0.5) is 11.4 Å². The minimum Gasteiger partial charge on any atom is -0.508 e. The Morgan fingerprint density at radius 1 is 0.814 bits per heavy atom. The average Bonchev–Trinajstić information content (AvgIpc) is 3.36. The van der Waals surface area contributed by atoms with Crippen LogP contribution < -0.4 is 9.80 Å². The Balaban J connectivity index is 1.37. The van der Waals surface area contributed by atoms with Crippen LogP contribution in [0.15, 0.2) is 78.4 Å². The third kappa shape index (κ3) is 3.80. The number of aromatic hydroxyl groups is 1. The van der Waals surface area contributed by atoms with Crippen LogP contribution in [0.1, 0.15) is 42.4 Å². The lowest BCUT2D eigenvalue weighted by Gasteiger charge is -2.49. The van der Waals surface area contributed by atoms with Gasteiger partial charge in [-0.2, -0.15) is 0 Å². The van der Waals surface area contributed by atoms with Crippen LogP contribution in [-0.2, 0) is 19.2 Å². The minimum absolute atomic E-state index is 0.138. The number of phenols is 1. The van der Waals surface area contributed by atoms with Gasteiger partial charge in [-0.25, -0.2) is 9.80 Å². The second-order valence-corrected chi connectivity index (χ2v) is 12.9. The number of aryl methyl sites for hydroxylation is 2. The number of nitrogens with zero attached hydrogens (tertiary/aromatic N) is 2. The Bertz CT molecular complexity index is 1770. The van der Waals surface area contributed by atoms with Crippen LogP contribution in [0, 0.1) is 42.9 Å². The number of phenolic OH excluding ortho intramolecular Hbond substituents is 1. The van der Waals surface area contributed by atoms with Crippen molar-refractivity contribution in [1.29, 1.82) is 0 Å². The standard InChI is InChI=1S/C35H31ClN2O5/c1-18-9-11-22(16-27(18)36)37-31(40)24-13-12-23-25(29(24)33(37)42)17-26-32(41)38(21-7-5-4-6-8-21)34(43)35(26,3)30(23)20-10-14-28(39)19(2)15-20/h4-12,14-16,24-26,29-30,39H,13,17H2,1-3H3. The fraction of sp³-hybridized carbons (Fsp3) is 0.314. The van der Waals surface area contributed by atoms with Gasteiger partial charge in [-0.15, -0.1) is 0 Å². The van der Waals surface area contributed by atoms with Crippen molar-refractivity contribution >= 4 is 46.6 Å². The van der Waals surface area contributed by atoms with Crippen LogP contribution in [-0.4, -0.2) is 28.7 Å². The molecule has 0 spiro atoms. The van der Waals surface area contributed by atoms with Gasteiger partial charge in [-0.05, 0) is 86.6 Å². The molecule has 8 heteroatoms. The van der Waals surface area contributed by atoms with E-state index in [0.717, 1.165) is 16.7 Å². The summed E-state index contributed by atoms with van der Waals surface area (Å²) in [6.07, 6.45) is 2.67. The number of fused-ring (bicyclic) bond motifs is 4. The first-order chi connectivity index (χ1) is 20.5. The predicted octanol–water partition coefficient (Wildman–Crippen LogP) is 6.10. The monoisotopic (exact) mass is 594 g/mol. The van der Waals surface area contributed by atoms with Crippen LogP contribution in [0.25, 0.3) is 0 Å². The molecule has 2 saturated heterocycles. The van der Waals surface area contributed by atoms with Gasteiger partial charge in [0.05, 0.1) is 34.5 Å². The molecule has 6 atom stereocenters. The SMILES string of the molecule is Cc1cc(C2C3=CCC4C(=O)N(c5ccc(C)c(Cl)c5)C(=O)C4C3CC3C(=O)N(c4ccccc4)C(=O)C32C)ccc1O. The van der Waals surface area contributed by atoms with E-state index >= 15 is 0 Å². The number of carbonyl (C=O) groups is 4. The minimum atomic E-state index is -1.12. The summed E-state index contributed by atoms with van der Waals surface area (Å²) in [6, 6.07) is 19.4. The zero-order valence-electron chi connectivity index (χ0n) is 24.1. The molecular weight excluding hydrogens is 564 g/mol. The highest BCUT2D eigenvalue weighted by atomic mass is 35.5. The lowest BCUT2D eigenvalue weighted by atomic mass is 9.51. The Labute approximate surface area is 254 Å². The van der Waals surface area contributed by atoms with E-state index in [1.165, 1.54) is 9.80 Å². The molecular formula is C35H31ClN2O5. The largest absolute Gasteiger partial charge is 0.508 e. The fourth-order valence-corrected chi connectivity index (χ4v) is 8.23. The van der Waals surface area contributed by atoms with Crippen LogP contribution in [0.5, 0.6) is 5.75 Å².